The Labute approximate surface area is 104 Å². The highest BCUT2D eigenvalue weighted by molar-refractivity contribution is 8.04. The number of nitrogens with one attached hydrogen (secondary N) is 2. The lowest BCUT2D eigenvalue weighted by Gasteiger charge is -2.31. The van der Waals surface area contributed by atoms with Crippen LogP contribution in [0.3, 0.4) is 0 Å². The van der Waals surface area contributed by atoms with E-state index in [0.29, 0.717) is 16.4 Å². The molecule has 0 aromatic rings. The fraction of sp³-hybridized carbons (Fsp3) is 0.600. The second-order valence-corrected chi connectivity index (χ2v) is 6.22. The molecule has 80 valence electrons. The number of hydrogen-bond donors (Lipinski definition) is 2. The van der Waals surface area contributed by atoms with Gasteiger partial charge in [0, 0.05) is 0 Å². The quantitative estimate of drug-likeness (QED) is 0.648. The van der Waals surface area contributed by atoms with Gasteiger partial charge in [-0.2, -0.15) is 0 Å². The molecule has 0 spiro atoms. The number of thioether (sulfide) groups is 1. The molecule has 2 N–H and O–H groups in total. The first kappa shape index (κ1) is 10.1. The molecular formula is C10H12N2S3. The maximum Gasteiger partial charge on any atom is 0.172 e. The molecule has 15 heavy (non-hydrogen) atoms. The number of fused-ring (bicyclic) bond motifs is 2. The summed E-state index contributed by atoms with van der Waals surface area (Å²) in [5.41, 5.74) is 1.57. The minimum atomic E-state index is 0.370. The normalized spacial score (nSPS) is 34.4. The Bertz CT molecular complexity index is 375. The summed E-state index contributed by atoms with van der Waals surface area (Å²) < 4.78 is 0. The van der Waals surface area contributed by atoms with Crippen LogP contribution < -0.4 is 10.6 Å². The highest BCUT2D eigenvalue weighted by Crippen LogP contribution is 2.48. The van der Waals surface area contributed by atoms with Gasteiger partial charge in [0.05, 0.1) is 16.3 Å². The summed E-state index contributed by atoms with van der Waals surface area (Å²) in [6.45, 7) is 0. The lowest BCUT2D eigenvalue weighted by molar-refractivity contribution is 0.609. The lowest BCUT2D eigenvalue weighted by Crippen LogP contribution is -2.55. The molecule has 3 rings (SSSR count). The summed E-state index contributed by atoms with van der Waals surface area (Å²) in [4.78, 5) is 2.49. The molecule has 0 radical (unpaired) electrons. The van der Waals surface area contributed by atoms with Crippen LogP contribution in [0.15, 0.2) is 10.5 Å². The minimum Gasteiger partial charge on any atom is -0.349 e. The van der Waals surface area contributed by atoms with Crippen molar-refractivity contribution >= 4 is 46.3 Å². The van der Waals surface area contributed by atoms with Crippen molar-refractivity contribution < 1.29 is 0 Å². The van der Waals surface area contributed by atoms with E-state index < -0.39 is 0 Å². The third-order valence-electron chi connectivity index (χ3n) is 3.20. The van der Waals surface area contributed by atoms with Crippen molar-refractivity contribution in [3.8, 4) is 0 Å². The van der Waals surface area contributed by atoms with Crippen LogP contribution in [0, 0.1) is 5.92 Å². The first-order chi connectivity index (χ1) is 7.25. The second kappa shape index (κ2) is 3.71. The molecule has 0 aromatic carbocycles. The number of allylic oxidation sites excluding steroid dienone is 1. The SMILES string of the molecule is S=C1NC(=S)C2C3=C(CCCC3)SC2N1. The monoisotopic (exact) mass is 256 g/mol. The molecule has 2 unspecified atom stereocenters. The van der Waals surface area contributed by atoms with Gasteiger partial charge in [-0.05, 0) is 48.4 Å². The van der Waals surface area contributed by atoms with Gasteiger partial charge in [-0.1, -0.05) is 12.2 Å². The van der Waals surface area contributed by atoms with Crippen LogP contribution in [0.4, 0.5) is 0 Å². The van der Waals surface area contributed by atoms with Gasteiger partial charge in [0.2, 0.25) is 0 Å². The van der Waals surface area contributed by atoms with E-state index in [9.17, 15) is 0 Å². The van der Waals surface area contributed by atoms with Crippen molar-refractivity contribution in [1.82, 2.24) is 10.6 Å². The molecule has 2 heterocycles. The Morgan fingerprint density at radius 1 is 1.20 bits per heavy atom. The molecule has 5 heteroatoms. The molecule has 1 aliphatic carbocycles. The van der Waals surface area contributed by atoms with Gasteiger partial charge in [0.25, 0.3) is 0 Å². The molecule has 0 bridgehead atoms. The molecule has 0 saturated carbocycles. The fourth-order valence-corrected chi connectivity index (χ4v) is 4.94. The summed E-state index contributed by atoms with van der Waals surface area (Å²) in [7, 11) is 0. The van der Waals surface area contributed by atoms with Gasteiger partial charge < -0.3 is 10.6 Å². The Morgan fingerprint density at radius 3 is 2.87 bits per heavy atom. The highest BCUT2D eigenvalue weighted by Gasteiger charge is 2.41. The van der Waals surface area contributed by atoms with E-state index in [0.717, 1.165) is 4.99 Å². The lowest BCUT2D eigenvalue weighted by atomic mass is 9.88. The number of rotatable bonds is 0. The van der Waals surface area contributed by atoms with Gasteiger partial charge in [-0.15, -0.1) is 11.8 Å². The predicted octanol–water partition coefficient (Wildman–Crippen LogP) is 2.31. The Kier molecular flexibility index (Phi) is 2.49. The maximum absolute atomic E-state index is 5.40. The zero-order valence-electron chi connectivity index (χ0n) is 8.21. The van der Waals surface area contributed by atoms with Crippen LogP contribution in [0.2, 0.25) is 0 Å². The second-order valence-electron chi connectivity index (χ2n) is 4.13. The third-order valence-corrected chi connectivity index (χ3v) is 5.17. The highest BCUT2D eigenvalue weighted by atomic mass is 32.2. The fourth-order valence-electron chi connectivity index (χ4n) is 2.53. The molecule has 1 fully saturated rings. The Morgan fingerprint density at radius 2 is 2.00 bits per heavy atom. The van der Waals surface area contributed by atoms with Crippen molar-refractivity contribution in [2.45, 2.75) is 31.1 Å². The van der Waals surface area contributed by atoms with Crippen molar-refractivity contribution in [3.05, 3.63) is 10.5 Å². The molecule has 2 atom stereocenters. The summed E-state index contributed by atoms with van der Waals surface area (Å²) in [5.74, 6) is 0.395. The van der Waals surface area contributed by atoms with E-state index >= 15 is 0 Å². The topological polar surface area (TPSA) is 24.1 Å². The van der Waals surface area contributed by atoms with E-state index in [1.165, 1.54) is 25.7 Å². The smallest absolute Gasteiger partial charge is 0.172 e. The zero-order valence-corrected chi connectivity index (χ0v) is 10.7. The molecule has 3 aliphatic rings. The van der Waals surface area contributed by atoms with Crippen molar-refractivity contribution in [1.29, 1.82) is 0 Å². The molecule has 0 amide bonds. The minimum absolute atomic E-state index is 0.370. The van der Waals surface area contributed by atoms with Gasteiger partial charge in [0.15, 0.2) is 5.11 Å². The van der Waals surface area contributed by atoms with Crippen molar-refractivity contribution in [3.63, 3.8) is 0 Å². The van der Waals surface area contributed by atoms with E-state index in [1.54, 1.807) is 10.5 Å². The Hall–Kier alpha value is -0.130. The molecule has 2 nitrogen and oxygen atoms in total. The average Bonchev–Trinajstić information content (AvgIpc) is 2.54. The summed E-state index contributed by atoms with van der Waals surface area (Å²) in [6.07, 6.45) is 5.11. The van der Waals surface area contributed by atoms with Gasteiger partial charge in [-0.25, -0.2) is 0 Å². The van der Waals surface area contributed by atoms with E-state index in [2.05, 4.69) is 10.6 Å². The maximum atomic E-state index is 5.40. The summed E-state index contributed by atoms with van der Waals surface area (Å²) in [5, 5.41) is 7.47. The predicted molar refractivity (Wildman–Crippen MR) is 71.8 cm³/mol. The first-order valence-electron chi connectivity index (χ1n) is 5.25. The van der Waals surface area contributed by atoms with Crippen LogP contribution in [0.1, 0.15) is 25.7 Å². The van der Waals surface area contributed by atoms with Gasteiger partial charge >= 0.3 is 0 Å². The molecule has 1 saturated heterocycles. The third kappa shape index (κ3) is 1.61. The number of hydrogen-bond acceptors (Lipinski definition) is 3. The van der Waals surface area contributed by atoms with Crippen LogP contribution in [-0.2, 0) is 0 Å². The van der Waals surface area contributed by atoms with Crippen LogP contribution in [0.25, 0.3) is 0 Å². The standard InChI is InChI=1S/C10H12N2S3/c13-8-7-5-3-1-2-4-6(5)15-9(7)12-10(14)11-8/h7,9H,1-4H2,(H2,11,12,13,14). The van der Waals surface area contributed by atoms with Crippen LogP contribution >= 0.6 is 36.2 Å². The largest absolute Gasteiger partial charge is 0.349 e. The van der Waals surface area contributed by atoms with Gasteiger partial charge in [0.1, 0.15) is 0 Å². The van der Waals surface area contributed by atoms with Crippen LogP contribution in [-0.4, -0.2) is 15.5 Å². The molecular weight excluding hydrogens is 244 g/mol. The average molecular weight is 256 g/mol. The first-order valence-corrected chi connectivity index (χ1v) is 6.95. The zero-order chi connectivity index (χ0) is 10.4. The van der Waals surface area contributed by atoms with Crippen molar-refractivity contribution in [2.75, 3.05) is 0 Å². The van der Waals surface area contributed by atoms with Crippen LogP contribution in [0.5, 0.6) is 0 Å². The van der Waals surface area contributed by atoms with Crippen molar-refractivity contribution in [2.24, 2.45) is 5.92 Å². The number of thiocarbonyl (C=S) groups is 2. The Balaban J connectivity index is 1.93. The summed E-state index contributed by atoms with van der Waals surface area (Å²) in [6, 6.07) is 0. The molecule has 0 aromatic heterocycles. The van der Waals surface area contributed by atoms with E-state index in [-0.39, 0.29) is 0 Å². The summed E-state index contributed by atoms with van der Waals surface area (Å²) >= 11 is 12.5. The molecule has 2 aliphatic heterocycles. The van der Waals surface area contributed by atoms with E-state index in [1.807, 2.05) is 11.8 Å². The van der Waals surface area contributed by atoms with Gasteiger partial charge in [-0.3, -0.25) is 0 Å². The van der Waals surface area contributed by atoms with E-state index in [4.69, 9.17) is 24.4 Å².